The molecule has 0 amide bonds. The number of Topliss-reactive ketones (excluding diaryl/α,β-unsaturated/α-hetero) is 1. The van der Waals surface area contributed by atoms with Crippen LogP contribution in [0.15, 0.2) is 29.1 Å². The van der Waals surface area contributed by atoms with Crippen LogP contribution in [0, 0.1) is 0 Å². The molecule has 1 aromatic carbocycles. The second kappa shape index (κ2) is 6.50. The Morgan fingerprint density at radius 1 is 1.20 bits per heavy atom. The summed E-state index contributed by atoms with van der Waals surface area (Å²) in [6.45, 7) is 2.72. The quantitative estimate of drug-likeness (QED) is 0.853. The third-order valence-corrected chi connectivity index (χ3v) is 3.52. The van der Waals surface area contributed by atoms with E-state index in [4.69, 9.17) is 5.11 Å². The number of hydrogen-bond donors (Lipinski definition) is 1. The van der Waals surface area contributed by atoms with E-state index in [1.54, 1.807) is 6.92 Å². The first kappa shape index (κ1) is 18.4. The molecule has 0 atom stereocenters. The van der Waals surface area contributed by atoms with Gasteiger partial charge in [-0.3, -0.25) is 9.59 Å². The molecule has 0 saturated carbocycles. The molecule has 1 aromatic heterocycles. The van der Waals surface area contributed by atoms with Crippen molar-refractivity contribution >= 4 is 11.8 Å². The molecular weight excluding hydrogens is 341 g/mol. The second-order valence-corrected chi connectivity index (χ2v) is 5.17. The van der Waals surface area contributed by atoms with Crippen LogP contribution >= 0.6 is 0 Å². The number of halogens is 3. The van der Waals surface area contributed by atoms with E-state index in [0.717, 1.165) is 35.9 Å². The van der Waals surface area contributed by atoms with Crippen molar-refractivity contribution in [1.29, 1.82) is 0 Å². The number of hydrogen-bond acceptors (Lipinski definition) is 4. The Morgan fingerprint density at radius 3 is 2.16 bits per heavy atom. The molecule has 1 N–H and O–H groups in total. The normalized spacial score (nSPS) is 11.4. The zero-order valence-electron chi connectivity index (χ0n) is 13.2. The van der Waals surface area contributed by atoms with Gasteiger partial charge in [0.2, 0.25) is 11.1 Å². The minimum absolute atomic E-state index is 0.106. The molecule has 132 valence electrons. The van der Waals surface area contributed by atoms with Crippen LogP contribution < -0.4 is 5.43 Å². The highest BCUT2D eigenvalue weighted by molar-refractivity contribution is 5.97. The van der Waals surface area contributed by atoms with Gasteiger partial charge in [-0.05, 0) is 37.6 Å². The zero-order valence-corrected chi connectivity index (χ0v) is 13.2. The molecular formula is C16H13F3N2O4. The van der Waals surface area contributed by atoms with Gasteiger partial charge in [0, 0.05) is 0 Å². The van der Waals surface area contributed by atoms with Crippen molar-refractivity contribution < 1.29 is 27.9 Å². The summed E-state index contributed by atoms with van der Waals surface area (Å²) in [7, 11) is 0. The average molecular weight is 354 g/mol. The van der Waals surface area contributed by atoms with E-state index in [2.05, 4.69) is 5.10 Å². The molecule has 0 aliphatic rings. The molecule has 6 nitrogen and oxygen atoms in total. The Hall–Kier alpha value is -2.97. The van der Waals surface area contributed by atoms with Crippen LogP contribution in [0.1, 0.15) is 46.0 Å². The topological polar surface area (TPSA) is 89.3 Å². The van der Waals surface area contributed by atoms with Crippen molar-refractivity contribution in [3.05, 3.63) is 57.0 Å². The van der Waals surface area contributed by atoms with Gasteiger partial charge in [-0.1, -0.05) is 6.92 Å². The number of aromatic nitrogens is 2. The maximum Gasteiger partial charge on any atom is 0.416 e. The van der Waals surface area contributed by atoms with Crippen molar-refractivity contribution in [3.63, 3.8) is 0 Å². The number of carboxylic acids is 1. The molecule has 0 aliphatic heterocycles. The van der Waals surface area contributed by atoms with Gasteiger partial charge in [0.25, 0.3) is 0 Å². The predicted octanol–water partition coefficient (Wildman–Crippen LogP) is 2.71. The minimum Gasteiger partial charge on any atom is -0.476 e. The Labute approximate surface area is 139 Å². The first-order valence-corrected chi connectivity index (χ1v) is 7.16. The van der Waals surface area contributed by atoms with Gasteiger partial charge in [0.05, 0.1) is 22.5 Å². The maximum atomic E-state index is 12.7. The largest absolute Gasteiger partial charge is 0.476 e. The maximum absolute atomic E-state index is 12.7. The van der Waals surface area contributed by atoms with Crippen molar-refractivity contribution in [1.82, 2.24) is 9.78 Å². The molecule has 2 rings (SSSR count). The molecule has 0 fully saturated rings. The van der Waals surface area contributed by atoms with E-state index in [-0.39, 0.29) is 23.4 Å². The Bertz CT molecular complexity index is 899. The highest BCUT2D eigenvalue weighted by Gasteiger charge is 2.30. The van der Waals surface area contributed by atoms with E-state index in [9.17, 15) is 27.6 Å². The summed E-state index contributed by atoms with van der Waals surface area (Å²) in [6, 6.07) is 3.80. The summed E-state index contributed by atoms with van der Waals surface area (Å²) < 4.78 is 39.0. The van der Waals surface area contributed by atoms with Crippen molar-refractivity contribution in [2.24, 2.45) is 0 Å². The van der Waals surface area contributed by atoms with Gasteiger partial charge in [0.15, 0.2) is 5.78 Å². The summed E-state index contributed by atoms with van der Waals surface area (Å²) in [6.07, 6.45) is -4.38. The third kappa shape index (κ3) is 3.44. The fourth-order valence-electron chi connectivity index (χ4n) is 2.40. The number of carbonyl (C=O) groups is 2. The van der Waals surface area contributed by atoms with Crippen LogP contribution in [-0.2, 0) is 12.6 Å². The number of rotatable bonds is 4. The molecule has 0 aliphatic carbocycles. The molecule has 0 unspecified atom stereocenters. The number of ketones is 1. The number of nitrogens with zero attached hydrogens (tertiary/aromatic N) is 2. The van der Waals surface area contributed by atoms with Gasteiger partial charge in [-0.2, -0.15) is 18.3 Å². The van der Waals surface area contributed by atoms with Crippen molar-refractivity contribution in [2.45, 2.75) is 26.4 Å². The summed E-state index contributed by atoms with van der Waals surface area (Å²) in [5.41, 5.74) is -2.88. The van der Waals surface area contributed by atoms with Gasteiger partial charge in [0.1, 0.15) is 0 Å². The molecule has 0 bridgehead atoms. The lowest BCUT2D eigenvalue weighted by Gasteiger charge is -2.15. The number of alkyl halides is 3. The number of benzene rings is 1. The lowest BCUT2D eigenvalue weighted by atomic mass is 10.1. The Balaban J connectivity index is 2.78. The van der Waals surface area contributed by atoms with Crippen LogP contribution in [0.5, 0.6) is 0 Å². The minimum atomic E-state index is -4.53. The summed E-state index contributed by atoms with van der Waals surface area (Å²) in [4.78, 5) is 35.2. The van der Waals surface area contributed by atoms with E-state index in [0.29, 0.717) is 0 Å². The third-order valence-electron chi connectivity index (χ3n) is 3.52. The van der Waals surface area contributed by atoms with Crippen LogP contribution in [0.2, 0.25) is 0 Å². The van der Waals surface area contributed by atoms with Crippen LogP contribution in [-0.4, -0.2) is 26.6 Å². The number of carboxylic acid groups (broad SMARTS) is 1. The van der Waals surface area contributed by atoms with E-state index < -0.39 is 34.6 Å². The number of aromatic carboxylic acids is 1. The first-order valence-electron chi connectivity index (χ1n) is 7.16. The second-order valence-electron chi connectivity index (χ2n) is 5.17. The Morgan fingerprint density at radius 2 is 1.76 bits per heavy atom. The fraction of sp³-hybridized carbons (Fsp3) is 0.250. The van der Waals surface area contributed by atoms with Crippen molar-refractivity contribution in [3.8, 4) is 5.69 Å². The summed E-state index contributed by atoms with van der Waals surface area (Å²) >= 11 is 0. The zero-order chi connectivity index (χ0) is 18.9. The highest BCUT2D eigenvalue weighted by Crippen LogP contribution is 2.29. The fourth-order valence-corrected chi connectivity index (χ4v) is 2.40. The predicted molar refractivity (Wildman–Crippen MR) is 81.2 cm³/mol. The van der Waals surface area contributed by atoms with Crippen LogP contribution in [0.25, 0.3) is 5.69 Å². The SMILES string of the molecule is CCc1c(C(C)=O)c(=O)c(C(=O)O)nn1-c1ccc(C(F)(F)F)cc1. The number of carbonyl (C=O) groups excluding carboxylic acids is 1. The smallest absolute Gasteiger partial charge is 0.416 e. The lowest BCUT2D eigenvalue weighted by Crippen LogP contribution is -2.30. The first-order chi connectivity index (χ1) is 11.6. The highest BCUT2D eigenvalue weighted by atomic mass is 19.4. The van der Waals surface area contributed by atoms with Crippen LogP contribution in [0.3, 0.4) is 0 Å². The standard InChI is InChI=1S/C16H13F3N2O4/c1-3-11-12(8(2)22)14(23)13(15(24)25)20-21(11)10-6-4-9(5-7-10)16(17,18)19/h4-7H,3H2,1-2H3,(H,24,25). The van der Waals surface area contributed by atoms with Crippen LogP contribution in [0.4, 0.5) is 13.2 Å². The van der Waals surface area contributed by atoms with Crippen molar-refractivity contribution in [2.75, 3.05) is 0 Å². The van der Waals surface area contributed by atoms with E-state index >= 15 is 0 Å². The monoisotopic (exact) mass is 354 g/mol. The molecule has 0 radical (unpaired) electrons. The lowest BCUT2D eigenvalue weighted by molar-refractivity contribution is -0.137. The van der Waals surface area contributed by atoms with Gasteiger partial charge < -0.3 is 5.11 Å². The van der Waals surface area contributed by atoms with Gasteiger partial charge in [-0.15, -0.1) is 0 Å². The average Bonchev–Trinajstić information content (AvgIpc) is 2.52. The molecule has 25 heavy (non-hydrogen) atoms. The molecule has 1 heterocycles. The molecule has 0 spiro atoms. The van der Waals surface area contributed by atoms with Gasteiger partial charge in [-0.25, -0.2) is 9.48 Å². The van der Waals surface area contributed by atoms with E-state index in [1.165, 1.54) is 0 Å². The molecule has 9 heteroatoms. The summed E-state index contributed by atoms with van der Waals surface area (Å²) in [5.74, 6) is -2.27. The van der Waals surface area contributed by atoms with E-state index in [1.807, 2.05) is 0 Å². The van der Waals surface area contributed by atoms with Gasteiger partial charge >= 0.3 is 12.1 Å². The molecule has 0 saturated heterocycles. The summed E-state index contributed by atoms with van der Waals surface area (Å²) in [5, 5.41) is 12.8. The molecule has 2 aromatic rings. The Kier molecular flexibility index (Phi) is 4.78.